The largest absolute Gasteiger partial charge is 0.481 e. The topological polar surface area (TPSA) is 92.4 Å². The van der Waals surface area contributed by atoms with Gasteiger partial charge in [-0.3, -0.25) is 9.59 Å². The van der Waals surface area contributed by atoms with Gasteiger partial charge in [0.2, 0.25) is 5.91 Å². The molecule has 21 heavy (non-hydrogen) atoms. The van der Waals surface area contributed by atoms with Gasteiger partial charge < -0.3 is 16.2 Å². The van der Waals surface area contributed by atoms with E-state index in [0.717, 1.165) is 24.8 Å². The quantitative estimate of drug-likeness (QED) is 0.773. The van der Waals surface area contributed by atoms with Gasteiger partial charge in [0.1, 0.15) is 0 Å². The van der Waals surface area contributed by atoms with Crippen LogP contribution in [0.3, 0.4) is 0 Å². The Morgan fingerprint density at radius 3 is 2.38 bits per heavy atom. The number of aliphatic carboxylic acids is 1. The van der Waals surface area contributed by atoms with E-state index in [-0.39, 0.29) is 12.3 Å². The van der Waals surface area contributed by atoms with Crippen molar-refractivity contribution in [2.45, 2.75) is 50.1 Å². The van der Waals surface area contributed by atoms with E-state index in [1.165, 1.54) is 0 Å². The molecule has 1 aromatic carbocycles. The molecule has 1 amide bonds. The third kappa shape index (κ3) is 4.04. The fourth-order valence-electron chi connectivity index (χ4n) is 2.82. The van der Waals surface area contributed by atoms with E-state index >= 15 is 0 Å². The zero-order valence-corrected chi connectivity index (χ0v) is 12.0. The van der Waals surface area contributed by atoms with Gasteiger partial charge in [0.05, 0.1) is 18.0 Å². The molecule has 0 aliphatic heterocycles. The highest BCUT2D eigenvalue weighted by Crippen LogP contribution is 2.27. The number of rotatable bonds is 5. The second kappa shape index (κ2) is 6.72. The predicted octanol–water partition coefficient (Wildman–Crippen LogP) is 1.98. The van der Waals surface area contributed by atoms with Crippen LogP contribution >= 0.6 is 0 Å². The van der Waals surface area contributed by atoms with Crippen LogP contribution in [0.5, 0.6) is 0 Å². The number of hydrogen-bond acceptors (Lipinski definition) is 3. The van der Waals surface area contributed by atoms with Gasteiger partial charge in [0.15, 0.2) is 0 Å². The first kappa shape index (κ1) is 15.5. The fraction of sp³-hybridized carbons (Fsp3) is 0.500. The summed E-state index contributed by atoms with van der Waals surface area (Å²) >= 11 is 0. The summed E-state index contributed by atoms with van der Waals surface area (Å²) in [5.74, 6) is -1.18. The molecule has 114 valence electrons. The second-order valence-electron chi connectivity index (χ2n) is 5.75. The number of amides is 1. The fourth-order valence-corrected chi connectivity index (χ4v) is 2.82. The third-order valence-corrected chi connectivity index (χ3v) is 4.08. The van der Waals surface area contributed by atoms with Gasteiger partial charge in [-0.1, -0.05) is 49.6 Å². The SMILES string of the molecule is NC1(C(=O)NC(CC(=O)O)c2ccccc2)CCCCC1. The molecule has 1 atom stereocenters. The van der Waals surface area contributed by atoms with Gasteiger partial charge in [-0.05, 0) is 18.4 Å². The lowest BCUT2D eigenvalue weighted by atomic mass is 9.81. The van der Waals surface area contributed by atoms with Gasteiger partial charge in [-0.25, -0.2) is 0 Å². The highest BCUT2D eigenvalue weighted by Gasteiger charge is 2.36. The summed E-state index contributed by atoms with van der Waals surface area (Å²) < 4.78 is 0. The van der Waals surface area contributed by atoms with E-state index < -0.39 is 17.6 Å². The number of carbonyl (C=O) groups excluding carboxylic acids is 1. The van der Waals surface area contributed by atoms with Crippen LogP contribution in [0.15, 0.2) is 30.3 Å². The lowest BCUT2D eigenvalue weighted by Gasteiger charge is -2.33. The first-order valence-electron chi connectivity index (χ1n) is 7.38. The number of nitrogens with two attached hydrogens (primary N) is 1. The maximum Gasteiger partial charge on any atom is 0.305 e. The van der Waals surface area contributed by atoms with Crippen LogP contribution in [-0.4, -0.2) is 22.5 Å². The Morgan fingerprint density at radius 1 is 1.19 bits per heavy atom. The van der Waals surface area contributed by atoms with Crippen LogP contribution < -0.4 is 11.1 Å². The molecular formula is C16H22N2O3. The number of benzene rings is 1. The van der Waals surface area contributed by atoms with Crippen molar-refractivity contribution >= 4 is 11.9 Å². The van der Waals surface area contributed by atoms with Crippen LogP contribution in [0.4, 0.5) is 0 Å². The molecule has 1 fully saturated rings. The molecule has 1 aliphatic rings. The molecule has 1 aliphatic carbocycles. The molecule has 0 aromatic heterocycles. The summed E-state index contributed by atoms with van der Waals surface area (Å²) in [5.41, 5.74) is 6.13. The molecule has 0 radical (unpaired) electrons. The average molecular weight is 290 g/mol. The average Bonchev–Trinajstić information content (AvgIpc) is 2.47. The first-order valence-corrected chi connectivity index (χ1v) is 7.38. The van der Waals surface area contributed by atoms with Gasteiger partial charge in [-0.2, -0.15) is 0 Å². The van der Waals surface area contributed by atoms with Crippen molar-refractivity contribution < 1.29 is 14.7 Å². The molecule has 0 bridgehead atoms. The number of carboxylic acid groups (broad SMARTS) is 1. The minimum atomic E-state index is -0.945. The van der Waals surface area contributed by atoms with Gasteiger partial charge in [-0.15, -0.1) is 0 Å². The van der Waals surface area contributed by atoms with Crippen LogP contribution in [0.2, 0.25) is 0 Å². The van der Waals surface area contributed by atoms with E-state index in [1.54, 1.807) is 0 Å². The van der Waals surface area contributed by atoms with Gasteiger partial charge >= 0.3 is 5.97 Å². The van der Waals surface area contributed by atoms with Gasteiger partial charge in [0, 0.05) is 0 Å². The molecule has 5 nitrogen and oxygen atoms in total. The Bertz CT molecular complexity index is 496. The van der Waals surface area contributed by atoms with Crippen molar-refractivity contribution in [1.82, 2.24) is 5.32 Å². The molecule has 1 saturated carbocycles. The maximum absolute atomic E-state index is 12.5. The van der Waals surface area contributed by atoms with E-state index in [2.05, 4.69) is 5.32 Å². The summed E-state index contributed by atoms with van der Waals surface area (Å²) in [6, 6.07) is 8.60. The lowest BCUT2D eigenvalue weighted by molar-refractivity contribution is -0.138. The standard InChI is InChI=1S/C16H22N2O3/c17-16(9-5-2-6-10-16)15(21)18-13(11-14(19)20)12-7-3-1-4-8-12/h1,3-4,7-8,13H,2,5-6,9-11,17H2,(H,18,21)(H,19,20). The first-order chi connectivity index (χ1) is 10.0. The maximum atomic E-state index is 12.5. The Balaban J connectivity index is 2.11. The predicted molar refractivity (Wildman–Crippen MR) is 79.6 cm³/mol. The Kier molecular flexibility index (Phi) is 4.96. The van der Waals surface area contributed by atoms with Crippen molar-refractivity contribution in [1.29, 1.82) is 0 Å². The summed E-state index contributed by atoms with van der Waals surface area (Å²) in [6.07, 6.45) is 4.16. The third-order valence-electron chi connectivity index (χ3n) is 4.08. The lowest BCUT2D eigenvalue weighted by Crippen LogP contribution is -2.55. The summed E-state index contributed by atoms with van der Waals surface area (Å²) in [5, 5.41) is 11.9. The summed E-state index contributed by atoms with van der Waals surface area (Å²) in [6.45, 7) is 0. The minimum absolute atomic E-state index is 0.147. The van der Waals surface area contributed by atoms with Crippen LogP contribution in [-0.2, 0) is 9.59 Å². The zero-order valence-electron chi connectivity index (χ0n) is 12.0. The van der Waals surface area contributed by atoms with E-state index in [9.17, 15) is 9.59 Å². The molecule has 0 heterocycles. The Hall–Kier alpha value is -1.88. The monoisotopic (exact) mass is 290 g/mol. The summed E-state index contributed by atoms with van der Waals surface area (Å²) in [4.78, 5) is 23.5. The van der Waals surface area contributed by atoms with E-state index in [0.29, 0.717) is 12.8 Å². The molecule has 0 saturated heterocycles. The molecule has 0 spiro atoms. The minimum Gasteiger partial charge on any atom is -0.481 e. The highest BCUT2D eigenvalue weighted by atomic mass is 16.4. The molecular weight excluding hydrogens is 268 g/mol. The molecule has 4 N–H and O–H groups in total. The molecule has 5 heteroatoms. The van der Waals surface area contributed by atoms with Crippen molar-refractivity contribution in [3.63, 3.8) is 0 Å². The Labute approximate surface area is 124 Å². The number of carboxylic acids is 1. The second-order valence-corrected chi connectivity index (χ2v) is 5.75. The Morgan fingerprint density at radius 2 is 1.81 bits per heavy atom. The number of nitrogens with one attached hydrogen (secondary N) is 1. The zero-order chi connectivity index (χ0) is 15.3. The van der Waals surface area contributed by atoms with Gasteiger partial charge in [0.25, 0.3) is 0 Å². The smallest absolute Gasteiger partial charge is 0.305 e. The van der Waals surface area contributed by atoms with Crippen molar-refractivity contribution in [2.75, 3.05) is 0 Å². The van der Waals surface area contributed by atoms with Crippen LogP contribution in [0.1, 0.15) is 50.1 Å². The number of carbonyl (C=O) groups is 2. The van der Waals surface area contributed by atoms with E-state index in [4.69, 9.17) is 10.8 Å². The van der Waals surface area contributed by atoms with Crippen molar-refractivity contribution in [2.24, 2.45) is 5.73 Å². The van der Waals surface area contributed by atoms with Crippen LogP contribution in [0.25, 0.3) is 0 Å². The van der Waals surface area contributed by atoms with Crippen molar-refractivity contribution in [3.05, 3.63) is 35.9 Å². The normalized spacial score (nSPS) is 18.7. The molecule has 1 aromatic rings. The van der Waals surface area contributed by atoms with Crippen LogP contribution in [0, 0.1) is 0 Å². The summed E-state index contributed by atoms with van der Waals surface area (Å²) in [7, 11) is 0. The van der Waals surface area contributed by atoms with Crippen molar-refractivity contribution in [3.8, 4) is 0 Å². The highest BCUT2D eigenvalue weighted by molar-refractivity contribution is 5.87. The van der Waals surface area contributed by atoms with E-state index in [1.807, 2.05) is 30.3 Å². The molecule has 1 unspecified atom stereocenters. The molecule has 2 rings (SSSR count). The number of hydrogen-bond donors (Lipinski definition) is 3.